The van der Waals surface area contributed by atoms with Gasteiger partial charge >= 0.3 is 0 Å². The Morgan fingerprint density at radius 1 is 1.45 bits per heavy atom. The zero-order valence-electron chi connectivity index (χ0n) is 12.8. The zero-order chi connectivity index (χ0) is 16.4. The van der Waals surface area contributed by atoms with Crippen LogP contribution in [0.15, 0.2) is 17.1 Å². The molecule has 120 valence electrons. The molecule has 2 N–H and O–H groups in total. The minimum Gasteiger partial charge on any atom is -0.506 e. The average Bonchev–Trinajstić information content (AvgIpc) is 2.45. The molecule has 0 amide bonds. The van der Waals surface area contributed by atoms with Gasteiger partial charge in [0, 0.05) is 23.6 Å². The highest BCUT2D eigenvalue weighted by atomic mass is 35.5. The number of rotatable bonds is 4. The van der Waals surface area contributed by atoms with Crippen molar-refractivity contribution < 1.29 is 19.7 Å². The first-order valence-corrected chi connectivity index (χ1v) is 7.62. The van der Waals surface area contributed by atoms with E-state index < -0.39 is 12.1 Å². The molecule has 1 aliphatic heterocycles. The van der Waals surface area contributed by atoms with Crippen LogP contribution in [0.1, 0.15) is 32.8 Å². The number of aliphatic hydroxyl groups is 1. The van der Waals surface area contributed by atoms with Crippen molar-refractivity contribution in [3.8, 4) is 11.5 Å². The maximum Gasteiger partial charge on any atom is 0.157 e. The Bertz CT molecular complexity index is 612. The van der Waals surface area contributed by atoms with Gasteiger partial charge in [0.05, 0.1) is 6.10 Å². The summed E-state index contributed by atoms with van der Waals surface area (Å²) in [4.78, 5) is 16.1. The highest BCUT2D eigenvalue weighted by Crippen LogP contribution is 2.38. The van der Waals surface area contributed by atoms with E-state index in [4.69, 9.17) is 16.3 Å². The number of phenols is 1. The molecular weight excluding hydrogens is 306 g/mol. The molecule has 0 aliphatic carbocycles. The molecule has 5 nitrogen and oxygen atoms in total. The summed E-state index contributed by atoms with van der Waals surface area (Å²) in [6, 6.07) is 2.91. The SMILES string of the molecule is CC(O)COc1ccc(C2=N[C@H](C)C(=O)CC2C)c(O)c1Cl. The summed E-state index contributed by atoms with van der Waals surface area (Å²) >= 11 is 6.14. The van der Waals surface area contributed by atoms with Crippen LogP contribution >= 0.6 is 11.6 Å². The third-order valence-electron chi connectivity index (χ3n) is 3.61. The number of aliphatic imine (C=N–C) groups is 1. The van der Waals surface area contributed by atoms with E-state index in [0.29, 0.717) is 23.4 Å². The van der Waals surface area contributed by atoms with Crippen LogP contribution in [-0.4, -0.2) is 40.5 Å². The van der Waals surface area contributed by atoms with Crippen molar-refractivity contribution in [2.24, 2.45) is 10.9 Å². The maximum absolute atomic E-state index is 11.7. The predicted octanol–water partition coefficient (Wildman–Crippen LogP) is 2.59. The molecule has 1 heterocycles. The van der Waals surface area contributed by atoms with Crippen molar-refractivity contribution in [1.29, 1.82) is 0 Å². The first-order valence-electron chi connectivity index (χ1n) is 7.24. The Labute approximate surface area is 134 Å². The molecule has 0 fully saturated rings. The Morgan fingerprint density at radius 3 is 2.77 bits per heavy atom. The van der Waals surface area contributed by atoms with Crippen LogP contribution in [0.4, 0.5) is 0 Å². The van der Waals surface area contributed by atoms with Gasteiger partial charge in [0.2, 0.25) is 0 Å². The number of aliphatic hydroxyl groups excluding tert-OH is 1. The van der Waals surface area contributed by atoms with Crippen LogP contribution in [0, 0.1) is 5.92 Å². The van der Waals surface area contributed by atoms with Crippen LogP contribution in [0.5, 0.6) is 11.5 Å². The van der Waals surface area contributed by atoms with Crippen LogP contribution in [0.2, 0.25) is 5.02 Å². The summed E-state index contributed by atoms with van der Waals surface area (Å²) < 4.78 is 5.35. The Kier molecular flexibility index (Phi) is 5.08. The molecule has 2 rings (SSSR count). The highest BCUT2D eigenvalue weighted by Gasteiger charge is 2.28. The molecule has 1 aromatic rings. The van der Waals surface area contributed by atoms with Gasteiger partial charge < -0.3 is 14.9 Å². The number of halogens is 1. The van der Waals surface area contributed by atoms with Crippen LogP contribution in [-0.2, 0) is 4.79 Å². The summed E-state index contributed by atoms with van der Waals surface area (Å²) in [5.41, 5.74) is 1.19. The van der Waals surface area contributed by atoms with Crippen LogP contribution < -0.4 is 4.74 Å². The molecule has 0 saturated carbocycles. The molecular formula is C16H20ClNO4. The number of ether oxygens (including phenoxy) is 1. The molecule has 3 atom stereocenters. The van der Waals surface area contributed by atoms with E-state index in [2.05, 4.69) is 4.99 Å². The molecule has 0 aromatic heterocycles. The fraction of sp³-hybridized carbons (Fsp3) is 0.500. The lowest BCUT2D eigenvalue weighted by Crippen LogP contribution is -2.30. The van der Waals surface area contributed by atoms with E-state index in [9.17, 15) is 15.0 Å². The minimum absolute atomic E-state index is 0.0742. The third-order valence-corrected chi connectivity index (χ3v) is 3.97. The second kappa shape index (κ2) is 6.67. The lowest BCUT2D eigenvalue weighted by molar-refractivity contribution is -0.120. The van der Waals surface area contributed by atoms with Crippen molar-refractivity contribution in [3.05, 3.63) is 22.7 Å². The Hall–Kier alpha value is -1.59. The minimum atomic E-state index is -0.632. The number of hydrogen-bond acceptors (Lipinski definition) is 5. The van der Waals surface area contributed by atoms with Gasteiger partial charge in [0.1, 0.15) is 29.2 Å². The number of aromatic hydroxyl groups is 1. The van der Waals surface area contributed by atoms with Gasteiger partial charge in [-0.3, -0.25) is 9.79 Å². The normalized spacial score (nSPS) is 23.1. The number of benzene rings is 1. The lowest BCUT2D eigenvalue weighted by atomic mass is 9.88. The van der Waals surface area contributed by atoms with E-state index in [1.165, 1.54) is 0 Å². The summed E-state index contributed by atoms with van der Waals surface area (Å²) in [7, 11) is 0. The fourth-order valence-electron chi connectivity index (χ4n) is 2.39. The number of hydrogen-bond donors (Lipinski definition) is 2. The Morgan fingerprint density at radius 2 is 2.14 bits per heavy atom. The highest BCUT2D eigenvalue weighted by molar-refractivity contribution is 6.34. The third kappa shape index (κ3) is 3.42. The molecule has 2 unspecified atom stereocenters. The molecule has 0 bridgehead atoms. The summed E-state index contributed by atoms with van der Waals surface area (Å²) in [6.45, 7) is 5.32. The van der Waals surface area contributed by atoms with Crippen molar-refractivity contribution in [3.63, 3.8) is 0 Å². The van der Waals surface area contributed by atoms with Gasteiger partial charge in [-0.1, -0.05) is 18.5 Å². The van der Waals surface area contributed by atoms with Crippen molar-refractivity contribution in [1.82, 2.24) is 0 Å². The van der Waals surface area contributed by atoms with Crippen molar-refractivity contribution in [2.75, 3.05) is 6.61 Å². The average molecular weight is 326 g/mol. The molecule has 0 radical (unpaired) electrons. The molecule has 1 aliphatic rings. The van der Waals surface area contributed by atoms with Gasteiger partial charge in [-0.15, -0.1) is 0 Å². The van der Waals surface area contributed by atoms with Gasteiger partial charge in [-0.05, 0) is 26.0 Å². The molecule has 1 aromatic carbocycles. The molecule has 22 heavy (non-hydrogen) atoms. The number of ketones is 1. The van der Waals surface area contributed by atoms with Gasteiger partial charge in [0.25, 0.3) is 0 Å². The van der Waals surface area contributed by atoms with E-state index in [-0.39, 0.29) is 29.1 Å². The molecule has 6 heteroatoms. The van der Waals surface area contributed by atoms with Crippen LogP contribution in [0.3, 0.4) is 0 Å². The monoisotopic (exact) mass is 325 g/mol. The molecule has 0 saturated heterocycles. The van der Waals surface area contributed by atoms with Crippen molar-refractivity contribution >= 4 is 23.1 Å². The fourth-order valence-corrected chi connectivity index (χ4v) is 2.61. The lowest BCUT2D eigenvalue weighted by Gasteiger charge is -2.24. The topological polar surface area (TPSA) is 79.1 Å². The summed E-state index contributed by atoms with van der Waals surface area (Å²) in [5, 5.41) is 19.6. The first kappa shape index (κ1) is 16.8. The first-order chi connectivity index (χ1) is 10.3. The predicted molar refractivity (Wildman–Crippen MR) is 85.1 cm³/mol. The van der Waals surface area contributed by atoms with E-state index in [1.54, 1.807) is 26.0 Å². The van der Waals surface area contributed by atoms with Gasteiger partial charge in [-0.2, -0.15) is 0 Å². The summed E-state index contributed by atoms with van der Waals surface area (Å²) in [5.74, 6) is 0.211. The van der Waals surface area contributed by atoms with E-state index in [0.717, 1.165) is 0 Å². The largest absolute Gasteiger partial charge is 0.506 e. The standard InChI is InChI=1S/C16H20ClNO4/c1-8-6-12(20)10(3)18-15(8)11-4-5-13(14(17)16(11)21)22-7-9(2)19/h4-5,8-10,19,21H,6-7H2,1-3H3/t8?,9?,10-/m1/s1. The second-order valence-electron chi connectivity index (χ2n) is 5.70. The number of carbonyl (C=O) groups excluding carboxylic acids is 1. The van der Waals surface area contributed by atoms with Crippen LogP contribution in [0.25, 0.3) is 0 Å². The van der Waals surface area contributed by atoms with Crippen molar-refractivity contribution in [2.45, 2.75) is 39.3 Å². The molecule has 0 spiro atoms. The number of Topliss-reactive ketones (excluding diaryl/α,β-unsaturated/α-hetero) is 1. The zero-order valence-corrected chi connectivity index (χ0v) is 13.6. The Balaban J connectivity index is 2.35. The quantitative estimate of drug-likeness (QED) is 0.891. The number of carbonyl (C=O) groups is 1. The van der Waals surface area contributed by atoms with E-state index in [1.807, 2.05) is 6.92 Å². The second-order valence-corrected chi connectivity index (χ2v) is 6.07. The smallest absolute Gasteiger partial charge is 0.157 e. The maximum atomic E-state index is 11.7. The number of nitrogens with zero attached hydrogens (tertiary/aromatic N) is 1. The van der Waals surface area contributed by atoms with E-state index >= 15 is 0 Å². The number of phenolic OH excluding ortho intramolecular Hbond substituents is 1. The summed E-state index contributed by atoms with van der Waals surface area (Å²) in [6.07, 6.45) is -0.232. The van der Waals surface area contributed by atoms with Gasteiger partial charge in [-0.25, -0.2) is 0 Å². The van der Waals surface area contributed by atoms with Gasteiger partial charge in [0.15, 0.2) is 5.78 Å².